The second-order valence-corrected chi connectivity index (χ2v) is 6.43. The van der Waals surface area contributed by atoms with Gasteiger partial charge in [-0.25, -0.2) is 4.79 Å². The van der Waals surface area contributed by atoms with Crippen molar-refractivity contribution < 1.29 is 23.9 Å². The fourth-order valence-corrected chi connectivity index (χ4v) is 2.24. The van der Waals surface area contributed by atoms with Crippen molar-refractivity contribution in [3.8, 4) is 0 Å². The number of carbonyl (C=O) groups excluding carboxylic acids is 3. The van der Waals surface area contributed by atoms with Crippen LogP contribution < -0.4 is 5.32 Å². The molecule has 1 aliphatic rings. The molecule has 6 heteroatoms. The van der Waals surface area contributed by atoms with Crippen LogP contribution in [0.25, 0.3) is 0 Å². The summed E-state index contributed by atoms with van der Waals surface area (Å²) >= 11 is 0. The van der Waals surface area contributed by atoms with E-state index >= 15 is 0 Å². The summed E-state index contributed by atoms with van der Waals surface area (Å²) in [6.45, 7) is 9.17. The van der Waals surface area contributed by atoms with Crippen molar-refractivity contribution in [1.29, 1.82) is 0 Å². The van der Waals surface area contributed by atoms with Crippen LogP contribution in [0.4, 0.5) is 4.79 Å². The third kappa shape index (κ3) is 5.19. The molecule has 1 unspecified atom stereocenters. The standard InChI is InChI=1S/C14H23NO5/c1-8(2)12(15-13(18)20-14(3,4)5)9-6-10(16)19-11(17)7-9/h8-9,12H,6-7H2,1-5H3,(H,15,18). The normalized spacial score (nSPS) is 18.7. The Kier molecular flexibility index (Phi) is 5.14. The number of nitrogens with one attached hydrogen (secondary N) is 1. The van der Waals surface area contributed by atoms with Gasteiger partial charge in [-0.1, -0.05) is 13.8 Å². The largest absolute Gasteiger partial charge is 0.444 e. The molecule has 0 aromatic carbocycles. The monoisotopic (exact) mass is 285 g/mol. The maximum absolute atomic E-state index is 11.8. The predicted molar refractivity (Wildman–Crippen MR) is 71.8 cm³/mol. The summed E-state index contributed by atoms with van der Waals surface area (Å²) < 4.78 is 9.72. The van der Waals surface area contributed by atoms with E-state index in [9.17, 15) is 14.4 Å². The van der Waals surface area contributed by atoms with Crippen molar-refractivity contribution in [3.05, 3.63) is 0 Å². The van der Waals surface area contributed by atoms with Gasteiger partial charge in [0.1, 0.15) is 5.60 Å². The highest BCUT2D eigenvalue weighted by atomic mass is 16.6. The van der Waals surface area contributed by atoms with Crippen LogP contribution in [0.1, 0.15) is 47.5 Å². The molecule has 0 aliphatic carbocycles. The topological polar surface area (TPSA) is 81.7 Å². The first-order chi connectivity index (χ1) is 9.08. The van der Waals surface area contributed by atoms with Gasteiger partial charge in [0.25, 0.3) is 0 Å². The third-order valence-electron chi connectivity index (χ3n) is 2.99. The van der Waals surface area contributed by atoms with Crippen LogP contribution in [-0.2, 0) is 19.1 Å². The van der Waals surface area contributed by atoms with Gasteiger partial charge in [0, 0.05) is 12.0 Å². The molecule has 0 bridgehead atoms. The average Bonchev–Trinajstić information content (AvgIpc) is 2.21. The van der Waals surface area contributed by atoms with E-state index in [1.165, 1.54) is 0 Å². The molecule has 0 aromatic heterocycles. The van der Waals surface area contributed by atoms with Gasteiger partial charge in [-0.3, -0.25) is 9.59 Å². The molecule has 1 amide bonds. The summed E-state index contributed by atoms with van der Waals surface area (Å²) in [6.07, 6.45) is -0.281. The molecule has 0 radical (unpaired) electrons. The Labute approximate surface area is 119 Å². The lowest BCUT2D eigenvalue weighted by molar-refractivity contribution is -0.166. The molecule has 1 rings (SSSR count). The van der Waals surface area contributed by atoms with E-state index in [0.717, 1.165) is 0 Å². The molecule has 1 atom stereocenters. The summed E-state index contributed by atoms with van der Waals surface area (Å²) in [5.41, 5.74) is -0.590. The molecule has 20 heavy (non-hydrogen) atoms. The zero-order valence-electron chi connectivity index (χ0n) is 12.7. The zero-order valence-corrected chi connectivity index (χ0v) is 12.7. The van der Waals surface area contributed by atoms with Crippen LogP contribution in [0.15, 0.2) is 0 Å². The van der Waals surface area contributed by atoms with Gasteiger partial charge in [-0.05, 0) is 26.7 Å². The fraction of sp³-hybridized carbons (Fsp3) is 0.786. The smallest absolute Gasteiger partial charge is 0.407 e. The molecular formula is C14H23NO5. The van der Waals surface area contributed by atoms with Crippen molar-refractivity contribution in [2.24, 2.45) is 11.8 Å². The van der Waals surface area contributed by atoms with Gasteiger partial charge in [0.15, 0.2) is 0 Å². The number of carbonyl (C=O) groups is 3. The van der Waals surface area contributed by atoms with Crippen molar-refractivity contribution in [2.45, 2.75) is 59.1 Å². The maximum atomic E-state index is 11.8. The van der Waals surface area contributed by atoms with Gasteiger partial charge >= 0.3 is 18.0 Å². The van der Waals surface area contributed by atoms with Crippen molar-refractivity contribution in [3.63, 3.8) is 0 Å². The second kappa shape index (κ2) is 6.24. The first-order valence-electron chi connectivity index (χ1n) is 6.81. The first kappa shape index (κ1) is 16.5. The van der Waals surface area contributed by atoms with Crippen molar-refractivity contribution in [2.75, 3.05) is 0 Å². The van der Waals surface area contributed by atoms with Crippen LogP contribution in [0.3, 0.4) is 0 Å². The lowest BCUT2D eigenvalue weighted by atomic mass is 9.84. The van der Waals surface area contributed by atoms with E-state index in [2.05, 4.69) is 10.1 Å². The molecule has 1 fully saturated rings. The van der Waals surface area contributed by atoms with Gasteiger partial charge in [0.05, 0.1) is 12.8 Å². The summed E-state index contributed by atoms with van der Waals surface area (Å²) in [6, 6.07) is -0.304. The first-order valence-corrected chi connectivity index (χ1v) is 6.81. The minimum absolute atomic E-state index is 0.0752. The molecule has 114 valence electrons. The highest BCUT2D eigenvalue weighted by Gasteiger charge is 2.36. The van der Waals surface area contributed by atoms with E-state index in [4.69, 9.17) is 4.74 Å². The summed E-state index contributed by atoms with van der Waals surface area (Å²) in [5, 5.41) is 2.76. The molecule has 6 nitrogen and oxygen atoms in total. The number of amides is 1. The highest BCUT2D eigenvalue weighted by Crippen LogP contribution is 2.25. The Morgan fingerprint density at radius 1 is 1.25 bits per heavy atom. The zero-order chi connectivity index (χ0) is 15.5. The van der Waals surface area contributed by atoms with Gasteiger partial charge in [-0.15, -0.1) is 0 Å². The van der Waals surface area contributed by atoms with E-state index in [1.54, 1.807) is 20.8 Å². The summed E-state index contributed by atoms with van der Waals surface area (Å²) in [5.74, 6) is -1.26. The van der Waals surface area contributed by atoms with Crippen molar-refractivity contribution in [1.82, 2.24) is 5.32 Å². The van der Waals surface area contributed by atoms with Crippen LogP contribution >= 0.6 is 0 Å². The third-order valence-corrected chi connectivity index (χ3v) is 2.99. The van der Waals surface area contributed by atoms with Gasteiger partial charge < -0.3 is 14.8 Å². The Morgan fingerprint density at radius 2 is 1.75 bits per heavy atom. The number of esters is 2. The Morgan fingerprint density at radius 3 is 2.15 bits per heavy atom. The molecule has 1 saturated heterocycles. The lowest BCUT2D eigenvalue weighted by Crippen LogP contribution is -2.48. The Bertz CT molecular complexity index is 381. The van der Waals surface area contributed by atoms with E-state index in [0.29, 0.717) is 0 Å². The van der Waals surface area contributed by atoms with Crippen LogP contribution in [0.2, 0.25) is 0 Å². The highest BCUT2D eigenvalue weighted by molar-refractivity contribution is 5.88. The van der Waals surface area contributed by atoms with Gasteiger partial charge in [0.2, 0.25) is 0 Å². The van der Waals surface area contributed by atoms with E-state index < -0.39 is 23.6 Å². The molecule has 1 aliphatic heterocycles. The molecule has 0 spiro atoms. The van der Waals surface area contributed by atoms with Gasteiger partial charge in [-0.2, -0.15) is 0 Å². The molecular weight excluding hydrogens is 262 g/mol. The minimum atomic E-state index is -0.590. The van der Waals surface area contributed by atoms with E-state index in [1.807, 2.05) is 13.8 Å². The number of rotatable bonds is 3. The summed E-state index contributed by atoms with van der Waals surface area (Å²) in [4.78, 5) is 34.5. The second-order valence-electron chi connectivity index (χ2n) is 6.43. The van der Waals surface area contributed by atoms with Crippen LogP contribution in [-0.4, -0.2) is 29.7 Å². The number of hydrogen-bond acceptors (Lipinski definition) is 5. The van der Waals surface area contributed by atoms with Crippen molar-refractivity contribution >= 4 is 18.0 Å². The van der Waals surface area contributed by atoms with Crippen LogP contribution in [0.5, 0.6) is 0 Å². The molecule has 0 saturated carbocycles. The minimum Gasteiger partial charge on any atom is -0.444 e. The van der Waals surface area contributed by atoms with Crippen LogP contribution in [0, 0.1) is 11.8 Å². The quantitative estimate of drug-likeness (QED) is 0.633. The molecule has 0 aromatic rings. The summed E-state index contributed by atoms with van der Waals surface area (Å²) in [7, 11) is 0. The lowest BCUT2D eigenvalue weighted by Gasteiger charge is -2.32. The average molecular weight is 285 g/mol. The number of cyclic esters (lactones) is 2. The Balaban J connectivity index is 2.71. The molecule has 1 N–H and O–H groups in total. The molecule has 1 heterocycles. The van der Waals surface area contributed by atoms with E-state index in [-0.39, 0.29) is 30.7 Å². The predicted octanol–water partition coefficient (Wildman–Crippen LogP) is 2.02. The SMILES string of the molecule is CC(C)C(NC(=O)OC(C)(C)C)C1CC(=O)OC(=O)C1. The maximum Gasteiger partial charge on any atom is 0.407 e. The Hall–Kier alpha value is -1.59. The fourth-order valence-electron chi connectivity index (χ4n) is 2.24. The number of alkyl carbamates (subject to hydrolysis) is 1. The number of ether oxygens (including phenoxy) is 2. The number of hydrogen-bond donors (Lipinski definition) is 1.